The van der Waals surface area contributed by atoms with E-state index in [4.69, 9.17) is 4.98 Å². The van der Waals surface area contributed by atoms with Gasteiger partial charge in [0.2, 0.25) is 5.91 Å². The van der Waals surface area contributed by atoms with Gasteiger partial charge in [0.05, 0.1) is 28.5 Å². The standard InChI is InChI=1S/C27H30F3N5OS/c28-27(29,30)19-6-7-24-22(14-19)32-25(18-4-2-1-3-5-18)35(24)20-8-10-33(11-9-20)21-15-23(31-16-21)26(36)34-12-13-37-17-34/h1-7,14,20-21,23,31H,8-13,15-17H2/t21-,23-/m0/s1. The number of piperidine rings is 1. The zero-order chi connectivity index (χ0) is 25.6. The van der Waals surface area contributed by atoms with E-state index in [1.165, 1.54) is 0 Å². The number of amides is 1. The number of carbonyl (C=O) groups excluding carboxylic acids is 1. The van der Waals surface area contributed by atoms with Gasteiger partial charge in [-0.3, -0.25) is 9.69 Å². The monoisotopic (exact) mass is 529 g/mol. The first kappa shape index (κ1) is 24.8. The maximum absolute atomic E-state index is 13.4. The lowest BCUT2D eigenvalue weighted by atomic mass is 10.0. The summed E-state index contributed by atoms with van der Waals surface area (Å²) in [7, 11) is 0. The molecule has 3 saturated heterocycles. The third kappa shape index (κ3) is 4.86. The Morgan fingerprint density at radius 3 is 2.51 bits per heavy atom. The van der Waals surface area contributed by atoms with E-state index in [2.05, 4.69) is 14.8 Å². The molecule has 3 aliphatic heterocycles. The number of rotatable bonds is 4. The first-order valence-corrected chi connectivity index (χ1v) is 14.0. The molecule has 6 rings (SSSR count). The largest absolute Gasteiger partial charge is 0.416 e. The number of halogens is 3. The maximum Gasteiger partial charge on any atom is 0.416 e. The van der Waals surface area contributed by atoms with E-state index >= 15 is 0 Å². The molecule has 196 valence electrons. The van der Waals surface area contributed by atoms with Crippen LogP contribution in [0.25, 0.3) is 22.4 Å². The Hall–Kier alpha value is -2.56. The average Bonchev–Trinajstić information content (AvgIpc) is 3.68. The topological polar surface area (TPSA) is 53.4 Å². The molecule has 0 spiro atoms. The van der Waals surface area contributed by atoms with E-state index in [0.717, 1.165) is 80.3 Å². The smallest absolute Gasteiger partial charge is 0.331 e. The van der Waals surface area contributed by atoms with Crippen LogP contribution >= 0.6 is 11.8 Å². The van der Waals surface area contributed by atoms with Crippen molar-refractivity contribution in [2.75, 3.05) is 37.8 Å². The second kappa shape index (κ2) is 9.96. The number of thioether (sulfide) groups is 1. The first-order chi connectivity index (χ1) is 17.9. The number of hydrogen-bond acceptors (Lipinski definition) is 5. The minimum atomic E-state index is -4.40. The van der Waals surface area contributed by atoms with Gasteiger partial charge in [0.25, 0.3) is 0 Å². The summed E-state index contributed by atoms with van der Waals surface area (Å²) < 4.78 is 42.3. The second-order valence-corrected chi connectivity index (χ2v) is 11.2. The Morgan fingerprint density at radius 1 is 1.03 bits per heavy atom. The molecule has 2 atom stereocenters. The van der Waals surface area contributed by atoms with Crippen molar-refractivity contribution >= 4 is 28.7 Å². The summed E-state index contributed by atoms with van der Waals surface area (Å²) in [4.78, 5) is 21.9. The van der Waals surface area contributed by atoms with Gasteiger partial charge in [0, 0.05) is 49.6 Å². The van der Waals surface area contributed by atoms with Crippen LogP contribution in [0.3, 0.4) is 0 Å². The molecule has 37 heavy (non-hydrogen) atoms. The molecule has 6 nitrogen and oxygen atoms in total. The minimum absolute atomic E-state index is 0.105. The predicted octanol–water partition coefficient (Wildman–Crippen LogP) is 4.62. The summed E-state index contributed by atoms with van der Waals surface area (Å²) in [6, 6.07) is 13.9. The Bertz CT molecular complexity index is 1270. The summed E-state index contributed by atoms with van der Waals surface area (Å²) in [5.41, 5.74) is 1.33. The van der Waals surface area contributed by atoms with Gasteiger partial charge >= 0.3 is 6.18 Å². The molecule has 10 heteroatoms. The number of imidazole rings is 1. The molecule has 0 aliphatic carbocycles. The Labute approximate surface area is 218 Å². The van der Waals surface area contributed by atoms with E-state index in [-0.39, 0.29) is 18.0 Å². The number of nitrogens with zero attached hydrogens (tertiary/aromatic N) is 4. The molecular weight excluding hydrogens is 499 g/mol. The molecule has 3 fully saturated rings. The summed E-state index contributed by atoms with van der Waals surface area (Å²) in [6.07, 6.45) is -1.82. The van der Waals surface area contributed by atoms with Gasteiger partial charge in [0.1, 0.15) is 5.82 Å². The number of alkyl halides is 3. The van der Waals surface area contributed by atoms with Crippen molar-refractivity contribution in [3.05, 3.63) is 54.1 Å². The lowest BCUT2D eigenvalue weighted by molar-refractivity contribution is -0.137. The van der Waals surface area contributed by atoms with E-state index < -0.39 is 11.7 Å². The number of benzene rings is 2. The second-order valence-electron chi connectivity index (χ2n) is 10.1. The highest BCUT2D eigenvalue weighted by atomic mass is 32.2. The van der Waals surface area contributed by atoms with Crippen molar-refractivity contribution < 1.29 is 18.0 Å². The van der Waals surface area contributed by atoms with Crippen molar-refractivity contribution in [3.63, 3.8) is 0 Å². The lowest BCUT2D eigenvalue weighted by Gasteiger charge is -2.37. The van der Waals surface area contributed by atoms with Crippen LogP contribution in [-0.2, 0) is 11.0 Å². The van der Waals surface area contributed by atoms with Gasteiger partial charge in [-0.05, 0) is 37.5 Å². The van der Waals surface area contributed by atoms with Crippen LogP contribution in [0.4, 0.5) is 13.2 Å². The third-order valence-electron chi connectivity index (χ3n) is 7.90. The van der Waals surface area contributed by atoms with E-state index in [9.17, 15) is 18.0 Å². The summed E-state index contributed by atoms with van der Waals surface area (Å²) in [6.45, 7) is 3.41. The van der Waals surface area contributed by atoms with Crippen molar-refractivity contribution in [2.45, 2.75) is 43.6 Å². The van der Waals surface area contributed by atoms with Crippen LogP contribution in [0.5, 0.6) is 0 Å². The van der Waals surface area contributed by atoms with Crippen LogP contribution in [0.15, 0.2) is 48.5 Å². The summed E-state index contributed by atoms with van der Waals surface area (Å²) in [5, 5.41) is 3.44. The number of carbonyl (C=O) groups is 1. The zero-order valence-electron chi connectivity index (χ0n) is 20.5. The van der Waals surface area contributed by atoms with Gasteiger partial charge < -0.3 is 14.8 Å². The molecule has 0 bridgehead atoms. The molecule has 0 unspecified atom stereocenters. The van der Waals surface area contributed by atoms with Crippen LogP contribution < -0.4 is 5.32 Å². The maximum atomic E-state index is 13.4. The molecule has 0 radical (unpaired) electrons. The highest BCUT2D eigenvalue weighted by molar-refractivity contribution is 7.99. The molecule has 0 saturated carbocycles. The molecule has 3 aromatic rings. The quantitative estimate of drug-likeness (QED) is 0.535. The number of nitrogens with one attached hydrogen (secondary N) is 1. The number of hydrogen-bond donors (Lipinski definition) is 1. The molecule has 2 aromatic carbocycles. The molecule has 3 aliphatic rings. The Kier molecular flexibility index (Phi) is 6.66. The van der Waals surface area contributed by atoms with Gasteiger partial charge in [-0.2, -0.15) is 13.2 Å². The average molecular weight is 530 g/mol. The first-order valence-electron chi connectivity index (χ1n) is 12.9. The molecule has 4 heterocycles. The number of aromatic nitrogens is 2. The Balaban J connectivity index is 1.21. The number of fused-ring (bicyclic) bond motifs is 1. The summed E-state index contributed by atoms with van der Waals surface area (Å²) >= 11 is 1.80. The van der Waals surface area contributed by atoms with Gasteiger partial charge in [-0.25, -0.2) is 4.98 Å². The normalized spacial score (nSPS) is 23.8. The van der Waals surface area contributed by atoms with E-state index in [1.807, 2.05) is 35.2 Å². The van der Waals surface area contributed by atoms with Crippen LogP contribution in [0, 0.1) is 0 Å². The Morgan fingerprint density at radius 2 is 1.81 bits per heavy atom. The SMILES string of the molecule is O=C([C@@H]1C[C@H](N2CCC(n3c(-c4ccccc4)nc4cc(C(F)(F)F)ccc43)CC2)CN1)N1CCSC1. The predicted molar refractivity (Wildman–Crippen MR) is 139 cm³/mol. The molecule has 1 aromatic heterocycles. The van der Waals surface area contributed by atoms with Crippen LogP contribution in [0.1, 0.15) is 30.9 Å². The van der Waals surface area contributed by atoms with Crippen LogP contribution in [0.2, 0.25) is 0 Å². The van der Waals surface area contributed by atoms with Crippen molar-refractivity contribution in [3.8, 4) is 11.4 Å². The fourth-order valence-electron chi connectivity index (χ4n) is 5.94. The van der Waals surface area contributed by atoms with Crippen LogP contribution in [-0.4, -0.2) is 75.2 Å². The fourth-order valence-corrected chi connectivity index (χ4v) is 6.89. The highest BCUT2D eigenvalue weighted by Crippen LogP contribution is 2.37. The third-order valence-corrected chi connectivity index (χ3v) is 8.87. The number of likely N-dealkylation sites (tertiary alicyclic amines) is 1. The van der Waals surface area contributed by atoms with E-state index in [0.29, 0.717) is 17.4 Å². The van der Waals surface area contributed by atoms with Gasteiger partial charge in [-0.1, -0.05) is 30.3 Å². The van der Waals surface area contributed by atoms with Gasteiger partial charge in [0.15, 0.2) is 0 Å². The fraction of sp³-hybridized carbons (Fsp3) is 0.481. The van der Waals surface area contributed by atoms with Gasteiger partial charge in [-0.15, -0.1) is 11.8 Å². The van der Waals surface area contributed by atoms with Crippen molar-refractivity contribution in [2.24, 2.45) is 0 Å². The molecular formula is C27H30F3N5OS. The van der Waals surface area contributed by atoms with Crippen molar-refractivity contribution in [1.82, 2.24) is 24.7 Å². The van der Waals surface area contributed by atoms with E-state index in [1.54, 1.807) is 17.8 Å². The van der Waals surface area contributed by atoms with Crippen molar-refractivity contribution in [1.29, 1.82) is 0 Å². The molecule has 1 N–H and O–H groups in total. The highest BCUT2D eigenvalue weighted by Gasteiger charge is 2.38. The molecule has 1 amide bonds. The summed E-state index contributed by atoms with van der Waals surface area (Å²) in [5.74, 6) is 2.74. The minimum Gasteiger partial charge on any atom is -0.331 e. The zero-order valence-corrected chi connectivity index (χ0v) is 21.3. The lowest BCUT2D eigenvalue weighted by Crippen LogP contribution is -2.43.